The second kappa shape index (κ2) is 7.83. The molecule has 2 N–H and O–H groups in total. The number of nitrogens with two attached hydrogens (primary N) is 1. The number of carbonyl (C=O) groups is 2. The van der Waals surface area contributed by atoms with Crippen LogP contribution in [0.3, 0.4) is 0 Å². The van der Waals surface area contributed by atoms with Gasteiger partial charge in [-0.2, -0.15) is 0 Å². The third-order valence-electron chi connectivity index (χ3n) is 5.23. The summed E-state index contributed by atoms with van der Waals surface area (Å²) in [5, 5.41) is 3.51. The normalized spacial score (nSPS) is 23.5. The van der Waals surface area contributed by atoms with Crippen LogP contribution in [0.1, 0.15) is 29.1 Å². The standard InChI is InChI=1S/C19H20BrN3O5/c20-13-1-3-14(4-2-13)27-15-5-11-8-23(9-12(11)6-15)19(25)26-10-16-7-17(18(21)24)22-28-16/h1-4,7,11-12,15H,5-6,8-10H2,(H2,21,24)/t11-,12+,15?. The Morgan fingerprint density at radius 2 is 1.89 bits per heavy atom. The second-order valence-electron chi connectivity index (χ2n) is 7.19. The van der Waals surface area contributed by atoms with E-state index in [0.29, 0.717) is 24.9 Å². The van der Waals surface area contributed by atoms with E-state index in [1.54, 1.807) is 4.90 Å². The van der Waals surface area contributed by atoms with Gasteiger partial charge < -0.3 is 24.6 Å². The molecule has 148 valence electrons. The summed E-state index contributed by atoms with van der Waals surface area (Å²) >= 11 is 3.42. The van der Waals surface area contributed by atoms with E-state index in [0.717, 1.165) is 23.1 Å². The molecule has 2 amide bonds. The highest BCUT2D eigenvalue weighted by Gasteiger charge is 2.43. The highest BCUT2D eigenvalue weighted by atomic mass is 79.9. The van der Waals surface area contributed by atoms with E-state index in [1.165, 1.54) is 6.07 Å². The topological polar surface area (TPSA) is 108 Å². The first-order valence-corrected chi connectivity index (χ1v) is 9.86. The summed E-state index contributed by atoms with van der Waals surface area (Å²) in [6.45, 7) is 1.24. The number of aromatic nitrogens is 1. The van der Waals surface area contributed by atoms with Crippen LogP contribution in [0.4, 0.5) is 4.79 Å². The maximum atomic E-state index is 12.3. The summed E-state index contributed by atoms with van der Waals surface area (Å²) in [5.41, 5.74) is 5.12. The van der Waals surface area contributed by atoms with Crippen LogP contribution < -0.4 is 10.5 Å². The van der Waals surface area contributed by atoms with Crippen molar-refractivity contribution in [1.29, 1.82) is 0 Å². The number of rotatable bonds is 5. The van der Waals surface area contributed by atoms with E-state index in [-0.39, 0.29) is 24.2 Å². The number of halogens is 1. The largest absolute Gasteiger partial charge is 0.490 e. The summed E-state index contributed by atoms with van der Waals surface area (Å²) in [5.74, 6) is 1.30. The van der Waals surface area contributed by atoms with Crippen molar-refractivity contribution in [3.8, 4) is 5.75 Å². The molecular weight excluding hydrogens is 430 g/mol. The zero-order chi connectivity index (χ0) is 19.7. The Labute approximate surface area is 170 Å². The van der Waals surface area contributed by atoms with Crippen LogP contribution in [-0.2, 0) is 11.3 Å². The highest BCUT2D eigenvalue weighted by molar-refractivity contribution is 9.10. The number of carbonyl (C=O) groups excluding carboxylic acids is 2. The van der Waals surface area contributed by atoms with E-state index in [2.05, 4.69) is 21.1 Å². The zero-order valence-electron chi connectivity index (χ0n) is 15.0. The lowest BCUT2D eigenvalue weighted by molar-refractivity contribution is 0.0899. The van der Waals surface area contributed by atoms with Gasteiger partial charge in [-0.05, 0) is 48.9 Å². The van der Waals surface area contributed by atoms with Crippen LogP contribution in [0.15, 0.2) is 39.3 Å². The molecule has 1 saturated heterocycles. The fourth-order valence-corrected chi connectivity index (χ4v) is 4.18. The minimum absolute atomic E-state index is 0.0126. The van der Waals surface area contributed by atoms with Crippen LogP contribution in [0, 0.1) is 11.8 Å². The lowest BCUT2D eigenvalue weighted by Crippen LogP contribution is -2.31. The molecule has 2 aromatic rings. The first-order chi connectivity index (χ1) is 13.5. The maximum Gasteiger partial charge on any atom is 0.410 e. The third-order valence-corrected chi connectivity index (χ3v) is 5.76. The van der Waals surface area contributed by atoms with Gasteiger partial charge in [-0.1, -0.05) is 21.1 Å². The van der Waals surface area contributed by atoms with Gasteiger partial charge in [0.15, 0.2) is 18.1 Å². The second-order valence-corrected chi connectivity index (χ2v) is 8.10. The van der Waals surface area contributed by atoms with Gasteiger partial charge >= 0.3 is 6.09 Å². The summed E-state index contributed by atoms with van der Waals surface area (Å²) in [6, 6.07) is 9.20. The lowest BCUT2D eigenvalue weighted by Gasteiger charge is -2.19. The van der Waals surface area contributed by atoms with E-state index < -0.39 is 12.0 Å². The summed E-state index contributed by atoms with van der Waals surface area (Å²) in [4.78, 5) is 25.0. The Kier molecular flexibility index (Phi) is 5.25. The van der Waals surface area contributed by atoms with Crippen molar-refractivity contribution in [3.05, 3.63) is 46.3 Å². The van der Waals surface area contributed by atoms with Crippen LogP contribution in [0.2, 0.25) is 0 Å². The molecule has 1 aromatic heterocycles. The number of nitrogens with zero attached hydrogens (tertiary/aromatic N) is 2. The predicted octanol–water partition coefficient (Wildman–Crippen LogP) is 2.96. The SMILES string of the molecule is NC(=O)c1cc(COC(=O)N2C[C@H]3CC(Oc4ccc(Br)cc4)C[C@H]3C2)on1. The van der Waals surface area contributed by atoms with Gasteiger partial charge in [-0.3, -0.25) is 4.79 Å². The molecule has 9 heteroatoms. The number of primary amides is 1. The zero-order valence-corrected chi connectivity index (χ0v) is 16.6. The van der Waals surface area contributed by atoms with Gasteiger partial charge in [0.2, 0.25) is 0 Å². The van der Waals surface area contributed by atoms with Crippen molar-refractivity contribution in [2.24, 2.45) is 17.6 Å². The minimum atomic E-state index is -0.686. The molecule has 28 heavy (non-hydrogen) atoms. The molecule has 0 spiro atoms. The van der Waals surface area contributed by atoms with E-state index in [1.807, 2.05) is 24.3 Å². The predicted molar refractivity (Wildman–Crippen MR) is 102 cm³/mol. The van der Waals surface area contributed by atoms with Gasteiger partial charge in [0.1, 0.15) is 5.75 Å². The Balaban J connectivity index is 1.24. The fourth-order valence-electron chi connectivity index (χ4n) is 3.92. The number of ether oxygens (including phenoxy) is 2. The van der Waals surface area contributed by atoms with Crippen molar-refractivity contribution in [2.45, 2.75) is 25.6 Å². The molecule has 2 aliphatic rings. The molecule has 3 atom stereocenters. The van der Waals surface area contributed by atoms with Crippen LogP contribution in [0.5, 0.6) is 5.75 Å². The quantitative estimate of drug-likeness (QED) is 0.751. The van der Waals surface area contributed by atoms with E-state index >= 15 is 0 Å². The van der Waals surface area contributed by atoms with Crippen molar-refractivity contribution >= 4 is 27.9 Å². The fraction of sp³-hybridized carbons (Fsp3) is 0.421. The first-order valence-electron chi connectivity index (χ1n) is 9.07. The van der Waals surface area contributed by atoms with Crippen LogP contribution in [0.25, 0.3) is 0 Å². The summed E-state index contributed by atoms with van der Waals surface area (Å²) < 4.78 is 17.3. The summed E-state index contributed by atoms with van der Waals surface area (Å²) in [6.07, 6.45) is 1.64. The van der Waals surface area contributed by atoms with Crippen LogP contribution >= 0.6 is 15.9 Å². The van der Waals surface area contributed by atoms with Gasteiger partial charge in [-0.15, -0.1) is 0 Å². The molecular formula is C19H20BrN3O5. The number of benzene rings is 1. The average Bonchev–Trinajstić information content (AvgIpc) is 3.36. The number of amides is 2. The number of fused-ring (bicyclic) bond motifs is 1. The molecule has 0 radical (unpaired) electrons. The Morgan fingerprint density at radius 3 is 2.50 bits per heavy atom. The van der Waals surface area contributed by atoms with Crippen molar-refractivity contribution in [3.63, 3.8) is 0 Å². The molecule has 1 aliphatic carbocycles. The first kappa shape index (κ1) is 18.8. The number of likely N-dealkylation sites (tertiary alicyclic amines) is 1. The minimum Gasteiger partial charge on any atom is -0.490 e. The smallest absolute Gasteiger partial charge is 0.410 e. The van der Waals surface area contributed by atoms with Crippen molar-refractivity contribution in [1.82, 2.24) is 10.1 Å². The molecule has 4 rings (SSSR count). The molecule has 2 fully saturated rings. The van der Waals surface area contributed by atoms with Crippen LogP contribution in [-0.4, -0.2) is 41.3 Å². The van der Waals surface area contributed by atoms with Gasteiger partial charge in [0, 0.05) is 23.6 Å². The van der Waals surface area contributed by atoms with Gasteiger partial charge in [-0.25, -0.2) is 4.79 Å². The number of hydrogen-bond donors (Lipinski definition) is 1. The third kappa shape index (κ3) is 4.14. The molecule has 1 aliphatic heterocycles. The van der Waals surface area contributed by atoms with Crippen molar-refractivity contribution < 1.29 is 23.6 Å². The summed E-state index contributed by atoms with van der Waals surface area (Å²) in [7, 11) is 0. The number of hydrogen-bond acceptors (Lipinski definition) is 6. The average molecular weight is 450 g/mol. The molecule has 2 heterocycles. The molecule has 0 bridgehead atoms. The molecule has 1 aromatic carbocycles. The Bertz CT molecular complexity index is 855. The lowest BCUT2D eigenvalue weighted by atomic mass is 10.0. The molecule has 1 saturated carbocycles. The monoisotopic (exact) mass is 449 g/mol. The van der Waals surface area contributed by atoms with Gasteiger partial charge in [0.05, 0.1) is 6.10 Å². The highest BCUT2D eigenvalue weighted by Crippen LogP contribution is 2.40. The Hall–Kier alpha value is -2.55. The van der Waals surface area contributed by atoms with Crippen molar-refractivity contribution in [2.75, 3.05) is 13.1 Å². The van der Waals surface area contributed by atoms with E-state index in [4.69, 9.17) is 19.7 Å². The molecule has 1 unspecified atom stereocenters. The maximum absolute atomic E-state index is 12.3. The van der Waals surface area contributed by atoms with Gasteiger partial charge in [0.25, 0.3) is 5.91 Å². The molecule has 8 nitrogen and oxygen atoms in total. The van der Waals surface area contributed by atoms with E-state index in [9.17, 15) is 9.59 Å². The Morgan fingerprint density at radius 1 is 1.21 bits per heavy atom.